The first kappa shape index (κ1) is 17.8. The van der Waals surface area contributed by atoms with Gasteiger partial charge in [0.1, 0.15) is 6.04 Å². The fourth-order valence-corrected chi connectivity index (χ4v) is 3.91. The zero-order chi connectivity index (χ0) is 17.8. The Morgan fingerprint density at radius 2 is 2.28 bits per heavy atom. The normalized spacial score (nSPS) is 27.4. The van der Waals surface area contributed by atoms with Gasteiger partial charge < -0.3 is 10.1 Å². The molecule has 1 amide bonds. The minimum absolute atomic E-state index is 0.0749. The summed E-state index contributed by atoms with van der Waals surface area (Å²) < 4.78 is 4.74. The Labute approximate surface area is 148 Å². The van der Waals surface area contributed by atoms with Crippen LogP contribution in [-0.4, -0.2) is 72.0 Å². The molecular weight excluding hydrogens is 320 g/mol. The number of fused-ring (bicyclic) bond motifs is 1. The summed E-state index contributed by atoms with van der Waals surface area (Å²) in [5, 5.41) is 3.06. The van der Waals surface area contributed by atoms with E-state index in [1.54, 1.807) is 6.20 Å². The number of esters is 1. The number of rotatable bonds is 5. The van der Waals surface area contributed by atoms with E-state index in [2.05, 4.69) is 27.1 Å². The molecule has 0 spiro atoms. The quantitative estimate of drug-likeness (QED) is 0.779. The lowest BCUT2D eigenvalue weighted by Crippen LogP contribution is -2.49. The highest BCUT2D eigenvalue weighted by molar-refractivity contribution is 5.83. The Kier molecular flexibility index (Phi) is 5.65. The zero-order valence-electron chi connectivity index (χ0n) is 14.9. The average molecular weight is 346 g/mol. The maximum absolute atomic E-state index is 12.7. The van der Waals surface area contributed by atoms with E-state index in [0.29, 0.717) is 25.9 Å². The fourth-order valence-electron chi connectivity index (χ4n) is 3.91. The summed E-state index contributed by atoms with van der Waals surface area (Å²) in [6, 6.07) is 5.99. The predicted octanol–water partition coefficient (Wildman–Crippen LogP) is 0.408. The van der Waals surface area contributed by atoms with Crippen LogP contribution in [0.1, 0.15) is 25.0 Å². The molecule has 1 aromatic heterocycles. The van der Waals surface area contributed by atoms with Gasteiger partial charge in [-0.15, -0.1) is 0 Å². The molecule has 0 unspecified atom stereocenters. The van der Waals surface area contributed by atoms with Crippen molar-refractivity contribution in [3.05, 3.63) is 30.1 Å². The first-order chi connectivity index (χ1) is 12.1. The second-order valence-corrected chi connectivity index (χ2v) is 6.77. The van der Waals surface area contributed by atoms with Crippen molar-refractivity contribution >= 4 is 11.9 Å². The van der Waals surface area contributed by atoms with E-state index in [1.807, 2.05) is 18.2 Å². The van der Waals surface area contributed by atoms with Crippen LogP contribution in [-0.2, 0) is 20.9 Å². The molecule has 2 aliphatic rings. The number of pyridine rings is 1. The van der Waals surface area contributed by atoms with Gasteiger partial charge in [-0.2, -0.15) is 0 Å². The fraction of sp³-hybridized carbons (Fsp3) is 0.611. The topological polar surface area (TPSA) is 74.8 Å². The number of hydrogen-bond donors (Lipinski definition) is 1. The third kappa shape index (κ3) is 3.99. The van der Waals surface area contributed by atoms with Crippen molar-refractivity contribution in [2.75, 3.05) is 27.2 Å². The molecule has 0 aromatic carbocycles. The van der Waals surface area contributed by atoms with Crippen molar-refractivity contribution in [3.8, 4) is 0 Å². The number of likely N-dealkylation sites (N-methyl/N-ethyl adjacent to an activating group) is 1. The summed E-state index contributed by atoms with van der Waals surface area (Å²) in [6.45, 7) is 2.11. The van der Waals surface area contributed by atoms with Crippen LogP contribution in [0.2, 0.25) is 0 Å². The summed E-state index contributed by atoms with van der Waals surface area (Å²) in [5.41, 5.74) is 0.977. The predicted molar refractivity (Wildman–Crippen MR) is 92.7 cm³/mol. The molecule has 0 radical (unpaired) electrons. The number of amides is 1. The molecule has 7 nitrogen and oxygen atoms in total. The maximum atomic E-state index is 12.7. The van der Waals surface area contributed by atoms with Crippen molar-refractivity contribution in [3.63, 3.8) is 0 Å². The smallest absolute Gasteiger partial charge is 0.305 e. The minimum Gasteiger partial charge on any atom is -0.469 e. The molecule has 1 aromatic rings. The van der Waals surface area contributed by atoms with Crippen LogP contribution >= 0.6 is 0 Å². The summed E-state index contributed by atoms with van der Waals surface area (Å²) in [4.78, 5) is 33.0. The van der Waals surface area contributed by atoms with Gasteiger partial charge in [-0.3, -0.25) is 24.4 Å². The standard InChI is InChI=1S/C18H26N4O3/c1-21-14(6-7-16(23)25-2)11-20-18(24)17-15(21)8-10-22(17)12-13-5-3-4-9-19-13/h3-5,9,14-15,17H,6-8,10-12H2,1-2H3,(H,20,24)/t14-,15-,17-/m0/s1. The first-order valence-electron chi connectivity index (χ1n) is 8.80. The Morgan fingerprint density at radius 3 is 3.00 bits per heavy atom. The van der Waals surface area contributed by atoms with Crippen molar-refractivity contribution in [2.45, 2.75) is 43.9 Å². The number of nitrogens with one attached hydrogen (secondary N) is 1. The molecule has 136 valence electrons. The lowest BCUT2D eigenvalue weighted by molar-refractivity contribution is -0.141. The van der Waals surface area contributed by atoms with E-state index in [4.69, 9.17) is 4.74 Å². The molecule has 0 saturated carbocycles. The van der Waals surface area contributed by atoms with Crippen LogP contribution in [0.5, 0.6) is 0 Å². The Morgan fingerprint density at radius 1 is 1.44 bits per heavy atom. The second-order valence-electron chi connectivity index (χ2n) is 6.77. The van der Waals surface area contributed by atoms with Crippen LogP contribution < -0.4 is 5.32 Å². The Bertz CT molecular complexity index is 610. The van der Waals surface area contributed by atoms with Gasteiger partial charge in [0.15, 0.2) is 0 Å². The lowest BCUT2D eigenvalue weighted by atomic mass is 10.0. The summed E-state index contributed by atoms with van der Waals surface area (Å²) >= 11 is 0. The monoisotopic (exact) mass is 346 g/mol. The van der Waals surface area contributed by atoms with Crippen molar-refractivity contribution in [2.24, 2.45) is 0 Å². The summed E-state index contributed by atoms with van der Waals surface area (Å²) in [7, 11) is 3.47. The average Bonchev–Trinajstić information content (AvgIpc) is 3.00. The highest BCUT2D eigenvalue weighted by Crippen LogP contribution is 2.28. The summed E-state index contributed by atoms with van der Waals surface area (Å²) in [6.07, 6.45) is 3.78. The molecule has 2 aliphatic heterocycles. The minimum atomic E-state index is -0.205. The van der Waals surface area contributed by atoms with Gasteiger partial charge >= 0.3 is 5.97 Å². The third-order valence-electron chi connectivity index (χ3n) is 5.35. The van der Waals surface area contributed by atoms with Gasteiger partial charge in [0.2, 0.25) is 5.91 Å². The second kappa shape index (κ2) is 7.93. The van der Waals surface area contributed by atoms with Gasteiger partial charge in [0.25, 0.3) is 0 Å². The van der Waals surface area contributed by atoms with Gasteiger partial charge in [-0.25, -0.2) is 0 Å². The van der Waals surface area contributed by atoms with Gasteiger partial charge in [-0.1, -0.05) is 6.07 Å². The molecule has 0 aliphatic carbocycles. The summed E-state index contributed by atoms with van der Waals surface area (Å²) in [5.74, 6) is -0.130. The first-order valence-corrected chi connectivity index (χ1v) is 8.80. The van der Waals surface area contributed by atoms with E-state index < -0.39 is 0 Å². The Balaban J connectivity index is 1.69. The molecule has 25 heavy (non-hydrogen) atoms. The SMILES string of the molecule is COC(=O)CC[C@H]1CNC(=O)[C@@H]2[C@H](CCN2Cc2ccccn2)N1C. The van der Waals surface area contributed by atoms with Crippen LogP contribution in [0.15, 0.2) is 24.4 Å². The van der Waals surface area contributed by atoms with Crippen LogP contribution in [0.4, 0.5) is 0 Å². The number of methoxy groups -OCH3 is 1. The number of carbonyl (C=O) groups excluding carboxylic acids is 2. The highest BCUT2D eigenvalue weighted by Gasteiger charge is 2.44. The van der Waals surface area contributed by atoms with Gasteiger partial charge in [0, 0.05) is 44.3 Å². The molecule has 3 heterocycles. The highest BCUT2D eigenvalue weighted by atomic mass is 16.5. The number of aromatic nitrogens is 1. The zero-order valence-corrected chi connectivity index (χ0v) is 14.9. The molecule has 1 N–H and O–H groups in total. The molecule has 0 bridgehead atoms. The third-order valence-corrected chi connectivity index (χ3v) is 5.35. The molecule has 3 rings (SSSR count). The molecule has 3 atom stereocenters. The van der Waals surface area contributed by atoms with Gasteiger partial charge in [-0.05, 0) is 32.0 Å². The van der Waals surface area contributed by atoms with E-state index in [1.165, 1.54) is 7.11 Å². The molecular formula is C18H26N4O3. The number of ether oxygens (including phenoxy) is 1. The largest absolute Gasteiger partial charge is 0.469 e. The van der Waals surface area contributed by atoms with Crippen molar-refractivity contribution < 1.29 is 14.3 Å². The van der Waals surface area contributed by atoms with E-state index in [-0.39, 0.29) is 30.0 Å². The lowest BCUT2D eigenvalue weighted by Gasteiger charge is -2.33. The van der Waals surface area contributed by atoms with Crippen LogP contribution in [0.3, 0.4) is 0 Å². The van der Waals surface area contributed by atoms with Crippen molar-refractivity contribution in [1.82, 2.24) is 20.1 Å². The van der Waals surface area contributed by atoms with Crippen LogP contribution in [0.25, 0.3) is 0 Å². The number of nitrogens with zero attached hydrogens (tertiary/aromatic N) is 3. The Hall–Kier alpha value is -1.99. The van der Waals surface area contributed by atoms with E-state index in [0.717, 1.165) is 18.7 Å². The van der Waals surface area contributed by atoms with Gasteiger partial charge in [0.05, 0.1) is 12.8 Å². The maximum Gasteiger partial charge on any atom is 0.305 e. The molecule has 2 fully saturated rings. The van der Waals surface area contributed by atoms with Crippen molar-refractivity contribution in [1.29, 1.82) is 0 Å². The number of carbonyl (C=O) groups is 2. The van der Waals surface area contributed by atoms with Crippen LogP contribution in [0, 0.1) is 0 Å². The molecule has 2 saturated heterocycles. The van der Waals surface area contributed by atoms with E-state index in [9.17, 15) is 9.59 Å². The van der Waals surface area contributed by atoms with E-state index >= 15 is 0 Å². The number of likely N-dealkylation sites (tertiary alicyclic amines) is 1. The number of hydrogen-bond acceptors (Lipinski definition) is 6. The molecule has 7 heteroatoms.